The second kappa shape index (κ2) is 3.45. The lowest BCUT2D eigenvalue weighted by Crippen LogP contribution is -1.91. The van der Waals surface area contributed by atoms with Crippen molar-refractivity contribution in [2.45, 2.75) is 0 Å². The van der Waals surface area contributed by atoms with E-state index in [4.69, 9.17) is 4.74 Å². The van der Waals surface area contributed by atoms with Crippen molar-refractivity contribution in [1.29, 1.82) is 0 Å². The molecule has 2 rings (SSSR count). The summed E-state index contributed by atoms with van der Waals surface area (Å²) in [6, 6.07) is 5.90. The molecular formula is C9H7IN2O. The molecule has 0 aliphatic carbocycles. The normalized spacial score (nSPS) is 10.3. The topological polar surface area (TPSA) is 35.0 Å². The summed E-state index contributed by atoms with van der Waals surface area (Å²) in [5, 5.41) is 0. The van der Waals surface area contributed by atoms with Crippen molar-refractivity contribution < 1.29 is 4.74 Å². The number of rotatable bonds is 1. The smallest absolute Gasteiger partial charge is 0.232 e. The number of para-hydroxylation sites is 1. The fourth-order valence-electron chi connectivity index (χ4n) is 1.08. The molecule has 0 N–H and O–H groups in total. The third kappa shape index (κ3) is 1.58. The van der Waals surface area contributed by atoms with Gasteiger partial charge in [0.2, 0.25) is 5.88 Å². The molecule has 0 atom stereocenters. The standard InChI is InChI=1S/C9H7IN2O/c1-13-8-5-11-7-4-2-3-6(10)9(7)12-8/h2-5H,1H3. The second-order valence-electron chi connectivity index (χ2n) is 2.52. The molecule has 0 amide bonds. The van der Waals surface area contributed by atoms with E-state index in [2.05, 4.69) is 32.6 Å². The summed E-state index contributed by atoms with van der Waals surface area (Å²) in [5.41, 5.74) is 1.79. The minimum Gasteiger partial charge on any atom is -0.480 e. The van der Waals surface area contributed by atoms with Crippen molar-refractivity contribution in [1.82, 2.24) is 9.97 Å². The summed E-state index contributed by atoms with van der Waals surface area (Å²) in [7, 11) is 1.59. The van der Waals surface area contributed by atoms with Crippen LogP contribution in [0.1, 0.15) is 0 Å². The highest BCUT2D eigenvalue weighted by Crippen LogP contribution is 2.18. The number of hydrogen-bond acceptors (Lipinski definition) is 3. The number of methoxy groups -OCH3 is 1. The molecule has 0 aliphatic rings. The van der Waals surface area contributed by atoms with Gasteiger partial charge in [0.15, 0.2) is 0 Å². The first-order chi connectivity index (χ1) is 6.31. The van der Waals surface area contributed by atoms with Crippen LogP contribution in [0.4, 0.5) is 0 Å². The maximum Gasteiger partial charge on any atom is 0.232 e. The number of halogens is 1. The summed E-state index contributed by atoms with van der Waals surface area (Å²) in [4.78, 5) is 8.52. The Balaban J connectivity index is 2.74. The van der Waals surface area contributed by atoms with Gasteiger partial charge in [0, 0.05) is 3.57 Å². The van der Waals surface area contributed by atoms with Gasteiger partial charge in [-0.1, -0.05) is 6.07 Å². The van der Waals surface area contributed by atoms with Crippen molar-refractivity contribution >= 4 is 33.6 Å². The molecule has 1 aromatic heterocycles. The number of nitrogens with zero attached hydrogens (tertiary/aromatic N) is 2. The van der Waals surface area contributed by atoms with Gasteiger partial charge in [-0.05, 0) is 34.7 Å². The Morgan fingerprint density at radius 2 is 2.23 bits per heavy atom. The zero-order valence-corrected chi connectivity index (χ0v) is 9.15. The van der Waals surface area contributed by atoms with Crippen molar-refractivity contribution in [2.75, 3.05) is 7.11 Å². The zero-order chi connectivity index (χ0) is 9.26. The van der Waals surface area contributed by atoms with Crippen LogP contribution in [0.5, 0.6) is 5.88 Å². The van der Waals surface area contributed by atoms with Crippen LogP contribution in [-0.4, -0.2) is 17.1 Å². The van der Waals surface area contributed by atoms with E-state index >= 15 is 0 Å². The van der Waals surface area contributed by atoms with Crippen LogP contribution in [0.15, 0.2) is 24.4 Å². The predicted octanol–water partition coefficient (Wildman–Crippen LogP) is 2.24. The molecule has 0 saturated carbocycles. The first-order valence-electron chi connectivity index (χ1n) is 3.76. The number of hydrogen-bond donors (Lipinski definition) is 0. The van der Waals surface area contributed by atoms with Gasteiger partial charge in [-0.25, -0.2) is 9.97 Å². The molecule has 3 nitrogen and oxygen atoms in total. The maximum absolute atomic E-state index is 5.00. The number of benzene rings is 1. The molecule has 4 heteroatoms. The van der Waals surface area contributed by atoms with E-state index in [9.17, 15) is 0 Å². The molecule has 0 aliphatic heterocycles. The maximum atomic E-state index is 5.00. The highest BCUT2D eigenvalue weighted by Gasteiger charge is 2.01. The van der Waals surface area contributed by atoms with Crippen LogP contribution in [-0.2, 0) is 0 Å². The Morgan fingerprint density at radius 1 is 1.38 bits per heavy atom. The van der Waals surface area contributed by atoms with Gasteiger partial charge >= 0.3 is 0 Å². The molecule has 1 aromatic carbocycles. The van der Waals surface area contributed by atoms with E-state index in [0.717, 1.165) is 14.6 Å². The molecule has 1 heterocycles. The summed E-state index contributed by atoms with van der Waals surface area (Å²) in [6.45, 7) is 0. The summed E-state index contributed by atoms with van der Waals surface area (Å²) in [6.07, 6.45) is 1.62. The van der Waals surface area contributed by atoms with Gasteiger partial charge in [0.1, 0.15) is 5.52 Å². The molecule has 0 saturated heterocycles. The molecular weight excluding hydrogens is 279 g/mol. The molecule has 0 unspecified atom stereocenters. The molecule has 0 spiro atoms. The van der Waals surface area contributed by atoms with E-state index in [1.807, 2.05) is 18.2 Å². The zero-order valence-electron chi connectivity index (χ0n) is 6.99. The van der Waals surface area contributed by atoms with Gasteiger partial charge in [-0.3, -0.25) is 0 Å². The Bertz CT molecular complexity index is 445. The van der Waals surface area contributed by atoms with Crippen LogP contribution < -0.4 is 4.74 Å². The Morgan fingerprint density at radius 3 is 3.00 bits per heavy atom. The largest absolute Gasteiger partial charge is 0.480 e. The summed E-state index contributed by atoms with van der Waals surface area (Å²) >= 11 is 2.23. The highest BCUT2D eigenvalue weighted by molar-refractivity contribution is 14.1. The van der Waals surface area contributed by atoms with E-state index in [1.54, 1.807) is 13.3 Å². The predicted molar refractivity (Wildman–Crippen MR) is 58.8 cm³/mol. The van der Waals surface area contributed by atoms with Gasteiger partial charge in [-0.15, -0.1) is 0 Å². The minimum atomic E-state index is 0.552. The number of fused-ring (bicyclic) bond motifs is 1. The monoisotopic (exact) mass is 286 g/mol. The summed E-state index contributed by atoms with van der Waals surface area (Å²) in [5.74, 6) is 0.552. The van der Waals surface area contributed by atoms with Gasteiger partial charge in [0.25, 0.3) is 0 Å². The molecule has 66 valence electrons. The fraction of sp³-hybridized carbons (Fsp3) is 0.111. The molecule has 0 fully saturated rings. The minimum absolute atomic E-state index is 0.552. The van der Waals surface area contributed by atoms with Crippen molar-refractivity contribution in [2.24, 2.45) is 0 Å². The first kappa shape index (κ1) is 8.68. The van der Waals surface area contributed by atoms with Gasteiger partial charge in [-0.2, -0.15) is 0 Å². The number of ether oxygens (including phenoxy) is 1. The van der Waals surface area contributed by atoms with Crippen molar-refractivity contribution in [3.63, 3.8) is 0 Å². The van der Waals surface area contributed by atoms with Crippen LogP contribution in [0.25, 0.3) is 11.0 Å². The Labute approximate surface area is 89.3 Å². The van der Waals surface area contributed by atoms with Crippen molar-refractivity contribution in [3.8, 4) is 5.88 Å². The summed E-state index contributed by atoms with van der Waals surface area (Å²) < 4.78 is 6.09. The average molecular weight is 286 g/mol. The lowest BCUT2D eigenvalue weighted by Gasteiger charge is -2.01. The average Bonchev–Trinajstić information content (AvgIpc) is 2.18. The van der Waals surface area contributed by atoms with Crippen LogP contribution in [0.2, 0.25) is 0 Å². The molecule has 13 heavy (non-hydrogen) atoms. The number of aromatic nitrogens is 2. The SMILES string of the molecule is COc1cnc2cccc(I)c2n1. The first-order valence-corrected chi connectivity index (χ1v) is 4.84. The van der Waals surface area contributed by atoms with E-state index in [-0.39, 0.29) is 0 Å². The lowest BCUT2D eigenvalue weighted by molar-refractivity contribution is 0.397. The highest BCUT2D eigenvalue weighted by atomic mass is 127. The van der Waals surface area contributed by atoms with E-state index in [1.165, 1.54) is 0 Å². The van der Waals surface area contributed by atoms with Crippen LogP contribution in [0.3, 0.4) is 0 Å². The van der Waals surface area contributed by atoms with E-state index < -0.39 is 0 Å². The lowest BCUT2D eigenvalue weighted by atomic mass is 10.3. The van der Waals surface area contributed by atoms with Crippen LogP contribution in [0, 0.1) is 3.57 Å². The fourth-order valence-corrected chi connectivity index (χ4v) is 1.69. The third-order valence-electron chi connectivity index (χ3n) is 1.71. The molecule has 2 aromatic rings. The van der Waals surface area contributed by atoms with Gasteiger partial charge in [0.05, 0.1) is 18.8 Å². The quantitative estimate of drug-likeness (QED) is 0.754. The van der Waals surface area contributed by atoms with Gasteiger partial charge < -0.3 is 4.74 Å². The Kier molecular flexibility index (Phi) is 2.30. The van der Waals surface area contributed by atoms with Crippen molar-refractivity contribution in [3.05, 3.63) is 28.0 Å². The Hall–Kier alpha value is -0.910. The third-order valence-corrected chi connectivity index (χ3v) is 2.58. The van der Waals surface area contributed by atoms with E-state index in [0.29, 0.717) is 5.88 Å². The molecule has 0 bridgehead atoms. The van der Waals surface area contributed by atoms with Crippen LogP contribution >= 0.6 is 22.6 Å². The second-order valence-corrected chi connectivity index (χ2v) is 3.68. The molecule has 0 radical (unpaired) electrons.